The number of nitrogens with zero attached hydrogens (tertiary/aromatic N) is 3. The van der Waals surface area contributed by atoms with Crippen LogP contribution in [0.4, 0.5) is 5.69 Å². The van der Waals surface area contributed by atoms with Crippen molar-refractivity contribution in [1.29, 1.82) is 0 Å². The van der Waals surface area contributed by atoms with E-state index in [0.29, 0.717) is 18.4 Å². The standard InChI is InChI=1S/C21H22N4O3S/c1-14-11-17-18(28-10-6-9-27-17)12-16(14)20-23-24-21(25(20)2)29-13-19(26)22-15-7-4-3-5-8-15/h3-5,7-8,11-12H,6,9-10,13H2,1-2H3,(H,22,26). The number of nitrogens with one attached hydrogen (secondary N) is 1. The SMILES string of the molecule is Cc1cc2c(cc1-c1nnc(SCC(=O)Nc3ccccc3)n1C)OCCCO2. The lowest BCUT2D eigenvalue weighted by Crippen LogP contribution is -2.14. The number of amides is 1. The Kier molecular flexibility index (Phi) is 5.71. The highest BCUT2D eigenvalue weighted by Gasteiger charge is 2.19. The molecule has 8 heteroatoms. The quantitative estimate of drug-likeness (QED) is 0.647. The first-order chi connectivity index (χ1) is 14.1. The summed E-state index contributed by atoms with van der Waals surface area (Å²) in [5.74, 6) is 2.38. The topological polar surface area (TPSA) is 78.3 Å². The Morgan fingerprint density at radius 2 is 1.86 bits per heavy atom. The van der Waals surface area contributed by atoms with E-state index in [1.165, 1.54) is 11.8 Å². The molecule has 0 saturated heterocycles. The molecule has 0 radical (unpaired) electrons. The molecule has 0 saturated carbocycles. The van der Waals surface area contributed by atoms with E-state index in [1.54, 1.807) is 0 Å². The summed E-state index contributed by atoms with van der Waals surface area (Å²) in [5, 5.41) is 12.2. The molecule has 1 amide bonds. The summed E-state index contributed by atoms with van der Waals surface area (Å²) in [7, 11) is 1.90. The first-order valence-corrected chi connectivity index (χ1v) is 10.4. The molecule has 2 heterocycles. The maximum Gasteiger partial charge on any atom is 0.234 e. The van der Waals surface area contributed by atoms with Gasteiger partial charge >= 0.3 is 0 Å². The zero-order chi connectivity index (χ0) is 20.2. The molecule has 0 spiro atoms. The van der Waals surface area contributed by atoms with Gasteiger partial charge in [-0.3, -0.25) is 4.79 Å². The fraction of sp³-hybridized carbons (Fsp3) is 0.286. The number of aromatic nitrogens is 3. The Hall–Kier alpha value is -3.00. The Balaban J connectivity index is 1.49. The van der Waals surface area contributed by atoms with Gasteiger partial charge in [-0.1, -0.05) is 30.0 Å². The van der Waals surface area contributed by atoms with Crippen LogP contribution in [0.2, 0.25) is 0 Å². The number of aryl methyl sites for hydroxylation is 1. The van der Waals surface area contributed by atoms with Crippen LogP contribution < -0.4 is 14.8 Å². The van der Waals surface area contributed by atoms with Gasteiger partial charge in [0.15, 0.2) is 22.5 Å². The van der Waals surface area contributed by atoms with Crippen molar-refractivity contribution in [2.45, 2.75) is 18.5 Å². The summed E-state index contributed by atoms with van der Waals surface area (Å²) in [6.07, 6.45) is 0.860. The average molecular weight is 410 g/mol. The number of benzene rings is 2. The van der Waals surface area contributed by atoms with Gasteiger partial charge in [-0.2, -0.15) is 0 Å². The molecular weight excluding hydrogens is 388 g/mol. The summed E-state index contributed by atoms with van der Waals surface area (Å²) in [4.78, 5) is 12.2. The van der Waals surface area contributed by atoms with Crippen molar-refractivity contribution in [3.8, 4) is 22.9 Å². The van der Waals surface area contributed by atoms with Gasteiger partial charge in [0.05, 0.1) is 19.0 Å². The van der Waals surface area contributed by atoms with Crippen molar-refractivity contribution in [2.75, 3.05) is 24.3 Å². The van der Waals surface area contributed by atoms with Gasteiger partial charge in [0.25, 0.3) is 0 Å². The van der Waals surface area contributed by atoms with E-state index in [4.69, 9.17) is 9.47 Å². The summed E-state index contributed by atoms with van der Waals surface area (Å²) in [6.45, 7) is 3.30. The third-order valence-corrected chi connectivity index (χ3v) is 5.58. The van der Waals surface area contributed by atoms with Crippen molar-refractivity contribution < 1.29 is 14.3 Å². The van der Waals surface area contributed by atoms with E-state index >= 15 is 0 Å². The van der Waals surface area contributed by atoms with E-state index in [-0.39, 0.29) is 11.7 Å². The molecule has 29 heavy (non-hydrogen) atoms. The first-order valence-electron chi connectivity index (χ1n) is 9.39. The number of anilines is 1. The third kappa shape index (κ3) is 4.37. The Morgan fingerprint density at radius 1 is 1.14 bits per heavy atom. The van der Waals surface area contributed by atoms with Crippen LogP contribution in [0.25, 0.3) is 11.4 Å². The molecule has 0 fully saturated rings. The fourth-order valence-electron chi connectivity index (χ4n) is 3.08. The second-order valence-corrected chi connectivity index (χ2v) is 7.67. The van der Waals surface area contributed by atoms with E-state index in [9.17, 15) is 4.79 Å². The zero-order valence-corrected chi connectivity index (χ0v) is 17.2. The van der Waals surface area contributed by atoms with Gasteiger partial charge in [0, 0.05) is 24.7 Å². The number of hydrogen-bond acceptors (Lipinski definition) is 6. The van der Waals surface area contributed by atoms with E-state index in [0.717, 1.165) is 40.6 Å². The number of fused-ring (bicyclic) bond motifs is 1. The second kappa shape index (κ2) is 8.57. The van der Waals surface area contributed by atoms with Gasteiger partial charge in [-0.05, 0) is 36.8 Å². The number of ether oxygens (including phenoxy) is 2. The van der Waals surface area contributed by atoms with Gasteiger partial charge in [-0.25, -0.2) is 0 Å². The zero-order valence-electron chi connectivity index (χ0n) is 16.3. The fourth-order valence-corrected chi connectivity index (χ4v) is 3.79. The molecule has 0 atom stereocenters. The smallest absolute Gasteiger partial charge is 0.234 e. The normalized spacial score (nSPS) is 13.0. The molecule has 0 aliphatic carbocycles. The highest BCUT2D eigenvalue weighted by atomic mass is 32.2. The minimum absolute atomic E-state index is 0.0856. The predicted octanol–water partition coefficient (Wildman–Crippen LogP) is 3.68. The highest BCUT2D eigenvalue weighted by molar-refractivity contribution is 7.99. The second-order valence-electron chi connectivity index (χ2n) is 6.73. The van der Waals surface area contributed by atoms with E-state index in [2.05, 4.69) is 15.5 Å². The number of rotatable bonds is 5. The Bertz CT molecular complexity index is 1020. The number of para-hydroxylation sites is 1. The predicted molar refractivity (Wildman–Crippen MR) is 113 cm³/mol. The van der Waals surface area contributed by atoms with Crippen LogP contribution >= 0.6 is 11.8 Å². The van der Waals surface area contributed by atoms with Crippen LogP contribution in [0.1, 0.15) is 12.0 Å². The molecule has 1 aliphatic rings. The molecule has 150 valence electrons. The minimum atomic E-state index is -0.0856. The van der Waals surface area contributed by atoms with Gasteiger partial charge in [0.1, 0.15) is 0 Å². The van der Waals surface area contributed by atoms with Crippen molar-refractivity contribution in [1.82, 2.24) is 14.8 Å². The lowest BCUT2D eigenvalue weighted by Gasteiger charge is -2.12. The molecular formula is C21H22N4O3S. The van der Waals surface area contributed by atoms with Crippen molar-refractivity contribution >= 4 is 23.4 Å². The van der Waals surface area contributed by atoms with Gasteiger partial charge < -0.3 is 19.4 Å². The highest BCUT2D eigenvalue weighted by Crippen LogP contribution is 2.36. The van der Waals surface area contributed by atoms with Gasteiger partial charge in [0.2, 0.25) is 5.91 Å². The first kappa shape index (κ1) is 19.3. The van der Waals surface area contributed by atoms with Crippen LogP contribution in [0.15, 0.2) is 47.6 Å². The molecule has 1 N–H and O–H groups in total. The van der Waals surface area contributed by atoms with Gasteiger partial charge in [-0.15, -0.1) is 10.2 Å². The van der Waals surface area contributed by atoms with Crippen LogP contribution in [-0.2, 0) is 11.8 Å². The van der Waals surface area contributed by atoms with Crippen molar-refractivity contribution in [3.63, 3.8) is 0 Å². The maximum absolute atomic E-state index is 12.2. The lowest BCUT2D eigenvalue weighted by molar-refractivity contribution is -0.113. The van der Waals surface area contributed by atoms with E-state index in [1.807, 2.05) is 61.0 Å². The summed E-state index contributed by atoms with van der Waals surface area (Å²) >= 11 is 1.35. The third-order valence-electron chi connectivity index (χ3n) is 4.56. The maximum atomic E-state index is 12.2. The largest absolute Gasteiger partial charge is 0.490 e. The molecule has 0 unspecified atom stereocenters. The Morgan fingerprint density at radius 3 is 2.62 bits per heavy atom. The van der Waals surface area contributed by atoms with Crippen LogP contribution in [-0.4, -0.2) is 39.6 Å². The summed E-state index contributed by atoms with van der Waals surface area (Å²) in [5.41, 5.74) is 2.74. The Labute approximate surface area is 173 Å². The summed E-state index contributed by atoms with van der Waals surface area (Å²) < 4.78 is 13.5. The van der Waals surface area contributed by atoms with Crippen LogP contribution in [0, 0.1) is 6.92 Å². The van der Waals surface area contributed by atoms with Crippen LogP contribution in [0.3, 0.4) is 0 Å². The monoisotopic (exact) mass is 410 g/mol. The number of carbonyl (C=O) groups excluding carboxylic acids is 1. The lowest BCUT2D eigenvalue weighted by atomic mass is 10.1. The molecule has 0 bridgehead atoms. The number of thioether (sulfide) groups is 1. The molecule has 7 nitrogen and oxygen atoms in total. The van der Waals surface area contributed by atoms with Crippen molar-refractivity contribution in [2.24, 2.45) is 7.05 Å². The molecule has 1 aliphatic heterocycles. The number of hydrogen-bond donors (Lipinski definition) is 1. The molecule has 3 aromatic rings. The van der Waals surface area contributed by atoms with Crippen molar-refractivity contribution in [3.05, 3.63) is 48.0 Å². The molecule has 4 rings (SSSR count). The average Bonchev–Trinajstić information content (AvgIpc) is 2.93. The number of carbonyl (C=O) groups is 1. The molecule has 2 aromatic carbocycles. The van der Waals surface area contributed by atoms with E-state index < -0.39 is 0 Å². The van der Waals surface area contributed by atoms with Crippen LogP contribution in [0.5, 0.6) is 11.5 Å². The minimum Gasteiger partial charge on any atom is -0.490 e. The summed E-state index contributed by atoms with van der Waals surface area (Å²) in [6, 6.07) is 13.3. The molecule has 1 aromatic heterocycles.